The minimum absolute atomic E-state index is 0.118. The summed E-state index contributed by atoms with van der Waals surface area (Å²) in [7, 11) is 0. The Bertz CT molecular complexity index is 1630. The highest BCUT2D eigenvalue weighted by molar-refractivity contribution is 9.10. The Morgan fingerprint density at radius 2 is 1.61 bits per heavy atom. The lowest BCUT2D eigenvalue weighted by atomic mass is 9.56. The average Bonchev–Trinajstić information content (AvgIpc) is 3.36. The van der Waals surface area contributed by atoms with Crippen molar-refractivity contribution < 1.29 is 29.0 Å². The number of rotatable bonds is 4. The number of phenolic OH excluding ortho intramolecular Hbond substituents is 1. The number of phenols is 1. The smallest absolute Gasteiger partial charge is 0.254 e. The molecule has 230 valence electrons. The van der Waals surface area contributed by atoms with Crippen LogP contribution in [-0.4, -0.2) is 75.1 Å². The van der Waals surface area contributed by atoms with Gasteiger partial charge in [0.05, 0.1) is 36.2 Å². The van der Waals surface area contributed by atoms with Crippen molar-refractivity contribution in [3.8, 4) is 5.75 Å². The summed E-state index contributed by atoms with van der Waals surface area (Å²) in [5, 5.41) is 11.1. The standard InChI is InChI=1S/C31H27Br2Cl2N3O6/c32-15-37-28(42)30(34)14-22-19(25(31(30,35)29(37)43)21-13-16(33)1-8-23(21)39)6-7-20-24(22)27(41)38(26(20)40)18-4-2-17(3-5-18)36-9-11-44-12-10-36/h1-6,8,13,20,22,24-25,39H,7,9-12,14-15H2. The fraction of sp³-hybridized carbons (Fsp3) is 0.419. The number of aromatic hydroxyl groups is 1. The molecule has 5 aliphatic rings. The Labute approximate surface area is 280 Å². The van der Waals surface area contributed by atoms with E-state index in [0.717, 1.165) is 23.7 Å². The molecule has 9 nitrogen and oxygen atoms in total. The third-order valence-corrected chi connectivity index (χ3v) is 12.2. The average molecular weight is 768 g/mol. The van der Waals surface area contributed by atoms with Crippen molar-refractivity contribution >= 4 is 90.1 Å². The number of carbonyl (C=O) groups is 4. The molecule has 6 atom stereocenters. The van der Waals surface area contributed by atoms with E-state index in [0.29, 0.717) is 34.5 Å². The van der Waals surface area contributed by atoms with Gasteiger partial charge < -0.3 is 14.7 Å². The van der Waals surface area contributed by atoms with Gasteiger partial charge in [0.2, 0.25) is 11.8 Å². The van der Waals surface area contributed by atoms with Crippen LogP contribution in [0, 0.1) is 17.8 Å². The lowest BCUT2D eigenvalue weighted by Crippen LogP contribution is -2.60. The molecule has 1 N–H and O–H groups in total. The summed E-state index contributed by atoms with van der Waals surface area (Å²) in [6, 6.07) is 12.1. The normalized spacial score (nSPS) is 33.4. The Morgan fingerprint density at radius 3 is 2.30 bits per heavy atom. The lowest BCUT2D eigenvalue weighted by molar-refractivity contribution is -0.138. The number of benzene rings is 2. The van der Waals surface area contributed by atoms with E-state index < -0.39 is 45.2 Å². The van der Waals surface area contributed by atoms with Gasteiger partial charge in [-0.05, 0) is 61.2 Å². The Morgan fingerprint density at radius 1 is 0.932 bits per heavy atom. The number of fused-ring (bicyclic) bond motifs is 4. The van der Waals surface area contributed by atoms with Gasteiger partial charge in [-0.25, -0.2) is 0 Å². The summed E-state index contributed by atoms with van der Waals surface area (Å²) in [4.78, 5) is 56.3. The van der Waals surface area contributed by atoms with E-state index in [1.807, 2.05) is 18.2 Å². The van der Waals surface area contributed by atoms with Gasteiger partial charge in [0, 0.05) is 34.7 Å². The number of alkyl halides is 3. The van der Waals surface area contributed by atoms with Crippen LogP contribution in [-0.2, 0) is 23.9 Å². The zero-order chi connectivity index (χ0) is 31.1. The maximum atomic E-state index is 14.2. The molecule has 0 radical (unpaired) electrons. The minimum Gasteiger partial charge on any atom is -0.508 e. The first kappa shape index (κ1) is 30.2. The number of amides is 4. The number of likely N-dealkylation sites (tertiary alicyclic amines) is 1. The van der Waals surface area contributed by atoms with E-state index in [9.17, 15) is 24.3 Å². The number of carbonyl (C=O) groups excluding carboxylic acids is 4. The van der Waals surface area contributed by atoms with Gasteiger partial charge in [0.15, 0.2) is 9.75 Å². The number of morpholine rings is 1. The second-order valence-corrected chi connectivity index (χ2v) is 14.5. The second kappa shape index (κ2) is 10.8. The first-order valence-corrected chi connectivity index (χ1v) is 17.0. The van der Waals surface area contributed by atoms with Crippen molar-refractivity contribution in [2.24, 2.45) is 17.8 Å². The summed E-state index contributed by atoms with van der Waals surface area (Å²) in [6.45, 7) is 2.78. The molecule has 6 unspecified atom stereocenters. The van der Waals surface area contributed by atoms with Crippen molar-refractivity contribution in [1.29, 1.82) is 0 Å². The summed E-state index contributed by atoms with van der Waals surface area (Å²) in [5.74, 6) is -5.41. The van der Waals surface area contributed by atoms with E-state index in [4.69, 9.17) is 27.9 Å². The molecule has 2 aromatic rings. The molecule has 4 amide bonds. The van der Waals surface area contributed by atoms with Gasteiger partial charge in [-0.3, -0.25) is 29.0 Å². The number of imide groups is 2. The quantitative estimate of drug-likeness (QED) is 0.204. The zero-order valence-electron chi connectivity index (χ0n) is 23.2. The van der Waals surface area contributed by atoms with E-state index in [1.165, 1.54) is 11.0 Å². The number of halogens is 4. The molecule has 13 heteroatoms. The van der Waals surface area contributed by atoms with Crippen LogP contribution in [0.1, 0.15) is 24.3 Å². The molecule has 44 heavy (non-hydrogen) atoms. The number of allylic oxidation sites excluding steroid dienone is 2. The SMILES string of the molecule is O=C1C2CC=C3C(CC4(Cl)C(=O)N(CBr)C(=O)C4(Cl)C3c3cc(Br)ccc3O)C2C(=O)N1c1ccc(N2CCOCC2)cc1. The van der Waals surface area contributed by atoms with Crippen LogP contribution in [0.15, 0.2) is 58.6 Å². The summed E-state index contributed by atoms with van der Waals surface area (Å²) < 4.78 is 6.06. The maximum Gasteiger partial charge on any atom is 0.254 e. The van der Waals surface area contributed by atoms with E-state index in [2.05, 4.69) is 36.8 Å². The number of hydrogen-bond acceptors (Lipinski definition) is 7. The highest BCUT2D eigenvalue weighted by Gasteiger charge is 2.76. The molecule has 0 spiro atoms. The van der Waals surface area contributed by atoms with Gasteiger partial charge in [-0.15, -0.1) is 23.2 Å². The molecule has 3 aliphatic heterocycles. The van der Waals surface area contributed by atoms with E-state index >= 15 is 0 Å². The van der Waals surface area contributed by atoms with Crippen LogP contribution in [0.3, 0.4) is 0 Å². The summed E-state index contributed by atoms with van der Waals surface area (Å²) >= 11 is 21.2. The fourth-order valence-corrected chi connectivity index (χ4v) is 9.54. The topological polar surface area (TPSA) is 107 Å². The van der Waals surface area contributed by atoms with E-state index in [1.54, 1.807) is 24.3 Å². The highest BCUT2D eigenvalue weighted by atomic mass is 79.9. The van der Waals surface area contributed by atoms with Crippen LogP contribution >= 0.6 is 55.1 Å². The van der Waals surface area contributed by atoms with E-state index in [-0.39, 0.29) is 35.9 Å². The van der Waals surface area contributed by atoms with Gasteiger partial charge in [-0.1, -0.05) is 43.5 Å². The molecule has 3 saturated heterocycles. The molecule has 0 bridgehead atoms. The number of nitrogens with zero attached hydrogens (tertiary/aromatic N) is 3. The van der Waals surface area contributed by atoms with Crippen LogP contribution in [0.4, 0.5) is 11.4 Å². The number of ether oxygens (including phenoxy) is 1. The molecule has 7 rings (SSSR count). The van der Waals surface area contributed by atoms with Crippen molar-refractivity contribution in [3.05, 3.63) is 64.1 Å². The Hall–Kier alpha value is -2.44. The lowest BCUT2D eigenvalue weighted by Gasteiger charge is -2.50. The third-order valence-electron chi connectivity index (χ3n) is 9.80. The Kier molecular flexibility index (Phi) is 7.44. The fourth-order valence-electron chi connectivity index (χ4n) is 7.74. The molecule has 2 aromatic carbocycles. The van der Waals surface area contributed by atoms with Gasteiger partial charge in [0.1, 0.15) is 5.75 Å². The molecule has 4 fully saturated rings. The molecule has 3 heterocycles. The molecule has 1 saturated carbocycles. The van der Waals surface area contributed by atoms with Crippen molar-refractivity contribution in [3.63, 3.8) is 0 Å². The number of hydrogen-bond donors (Lipinski definition) is 1. The predicted molar refractivity (Wildman–Crippen MR) is 171 cm³/mol. The second-order valence-electron chi connectivity index (χ2n) is 11.8. The van der Waals surface area contributed by atoms with Crippen LogP contribution in [0.5, 0.6) is 5.75 Å². The van der Waals surface area contributed by atoms with Crippen molar-refractivity contribution in [2.45, 2.75) is 28.5 Å². The van der Waals surface area contributed by atoms with Gasteiger partial charge in [0.25, 0.3) is 11.8 Å². The van der Waals surface area contributed by atoms with Gasteiger partial charge in [-0.2, -0.15) is 0 Å². The Balaban J connectivity index is 1.30. The zero-order valence-corrected chi connectivity index (χ0v) is 27.9. The summed E-state index contributed by atoms with van der Waals surface area (Å²) in [5.41, 5.74) is 2.25. The highest BCUT2D eigenvalue weighted by Crippen LogP contribution is 2.66. The van der Waals surface area contributed by atoms with Gasteiger partial charge >= 0.3 is 0 Å². The molecule has 2 aliphatic carbocycles. The van der Waals surface area contributed by atoms with Crippen LogP contribution < -0.4 is 9.80 Å². The summed E-state index contributed by atoms with van der Waals surface area (Å²) in [6.07, 6.45) is 1.97. The first-order chi connectivity index (χ1) is 21.0. The minimum atomic E-state index is -1.98. The third kappa shape index (κ3) is 4.11. The van der Waals surface area contributed by atoms with Crippen molar-refractivity contribution in [2.75, 3.05) is 41.6 Å². The largest absolute Gasteiger partial charge is 0.508 e. The van der Waals surface area contributed by atoms with Crippen molar-refractivity contribution in [1.82, 2.24) is 4.90 Å². The first-order valence-electron chi connectivity index (χ1n) is 14.3. The van der Waals surface area contributed by atoms with Crippen LogP contribution in [0.2, 0.25) is 0 Å². The molecular weight excluding hydrogens is 741 g/mol. The molecular formula is C31H27Br2Cl2N3O6. The van der Waals surface area contributed by atoms with Crippen LogP contribution in [0.25, 0.3) is 0 Å². The monoisotopic (exact) mass is 765 g/mol. The number of anilines is 2. The predicted octanol–water partition coefficient (Wildman–Crippen LogP) is 4.91. The molecule has 0 aromatic heterocycles. The maximum absolute atomic E-state index is 14.2.